The van der Waals surface area contributed by atoms with Gasteiger partial charge in [-0.15, -0.1) is 0 Å². The molecule has 10 heteroatoms. The van der Waals surface area contributed by atoms with E-state index in [1.807, 2.05) is 6.92 Å². The van der Waals surface area contributed by atoms with Crippen LogP contribution in [0.25, 0.3) is 0 Å². The average Bonchev–Trinajstić information content (AvgIpc) is 2.69. The van der Waals surface area contributed by atoms with Crippen LogP contribution in [0.15, 0.2) is 24.7 Å². The molecule has 0 saturated carbocycles. The number of allylic oxidation sites excluding steroid dienone is 1. The third kappa shape index (κ3) is 9.54. The standard InChI is InChI=1S/C21H36N6O4/c1-4-8-18(28)25-16(10-6-5-9-14(2)22)20(30)24-13-19(29)26-17-11-7-12-27(15(3)23)21(17)31/h16-17H,2-13,22-23H2,1H3,(H,24,30)(H,25,28)(H,26,29). The molecule has 174 valence electrons. The molecule has 1 aliphatic rings. The number of nitrogens with zero attached hydrogens (tertiary/aromatic N) is 1. The average molecular weight is 437 g/mol. The summed E-state index contributed by atoms with van der Waals surface area (Å²) in [5.41, 5.74) is 11.7. The highest BCUT2D eigenvalue weighted by atomic mass is 16.2. The Morgan fingerprint density at radius 3 is 2.48 bits per heavy atom. The number of rotatable bonds is 13. The monoisotopic (exact) mass is 436 g/mol. The molecule has 7 N–H and O–H groups in total. The summed E-state index contributed by atoms with van der Waals surface area (Å²) < 4.78 is 0. The van der Waals surface area contributed by atoms with Gasteiger partial charge in [-0.2, -0.15) is 0 Å². The fraction of sp³-hybridized carbons (Fsp3) is 0.619. The molecule has 2 atom stereocenters. The van der Waals surface area contributed by atoms with E-state index >= 15 is 0 Å². The molecule has 0 aromatic carbocycles. The lowest BCUT2D eigenvalue weighted by atomic mass is 10.0. The van der Waals surface area contributed by atoms with Gasteiger partial charge in [0.2, 0.25) is 17.7 Å². The van der Waals surface area contributed by atoms with Crippen LogP contribution in [-0.4, -0.2) is 53.7 Å². The summed E-state index contributed by atoms with van der Waals surface area (Å²) >= 11 is 0. The highest BCUT2D eigenvalue weighted by Gasteiger charge is 2.30. The minimum Gasteiger partial charge on any atom is -0.403 e. The maximum atomic E-state index is 12.6. The van der Waals surface area contributed by atoms with Crippen LogP contribution in [0.3, 0.4) is 0 Å². The van der Waals surface area contributed by atoms with E-state index in [0.29, 0.717) is 57.2 Å². The molecule has 10 nitrogen and oxygen atoms in total. The Morgan fingerprint density at radius 1 is 1.16 bits per heavy atom. The van der Waals surface area contributed by atoms with E-state index in [4.69, 9.17) is 11.5 Å². The van der Waals surface area contributed by atoms with Crippen LogP contribution in [-0.2, 0) is 19.2 Å². The summed E-state index contributed by atoms with van der Waals surface area (Å²) in [5, 5.41) is 7.88. The first-order valence-corrected chi connectivity index (χ1v) is 10.7. The molecular formula is C21H36N6O4. The first-order chi connectivity index (χ1) is 14.6. The van der Waals surface area contributed by atoms with Gasteiger partial charge in [0.05, 0.1) is 12.4 Å². The second kappa shape index (κ2) is 13.3. The van der Waals surface area contributed by atoms with Gasteiger partial charge in [-0.25, -0.2) is 0 Å². The molecule has 0 aromatic heterocycles. The van der Waals surface area contributed by atoms with E-state index in [0.717, 1.165) is 6.42 Å². The Labute approximate surface area is 183 Å². The number of hydrogen-bond donors (Lipinski definition) is 5. The lowest BCUT2D eigenvalue weighted by Crippen LogP contribution is -2.55. The Morgan fingerprint density at radius 2 is 1.87 bits per heavy atom. The van der Waals surface area contributed by atoms with Crippen molar-refractivity contribution in [1.82, 2.24) is 20.9 Å². The van der Waals surface area contributed by atoms with Gasteiger partial charge in [0.15, 0.2) is 0 Å². The van der Waals surface area contributed by atoms with Crippen molar-refractivity contribution < 1.29 is 19.2 Å². The summed E-state index contributed by atoms with van der Waals surface area (Å²) in [4.78, 5) is 50.5. The van der Waals surface area contributed by atoms with Crippen molar-refractivity contribution in [3.8, 4) is 0 Å². The van der Waals surface area contributed by atoms with Gasteiger partial charge in [0.1, 0.15) is 12.1 Å². The first kappa shape index (κ1) is 26.0. The van der Waals surface area contributed by atoms with Gasteiger partial charge in [0.25, 0.3) is 5.91 Å². The molecule has 0 aromatic rings. The third-order valence-electron chi connectivity index (χ3n) is 4.91. The van der Waals surface area contributed by atoms with Gasteiger partial charge < -0.3 is 27.4 Å². The third-order valence-corrected chi connectivity index (χ3v) is 4.91. The van der Waals surface area contributed by atoms with Crippen molar-refractivity contribution in [2.75, 3.05) is 13.1 Å². The lowest BCUT2D eigenvalue weighted by Gasteiger charge is -2.32. The van der Waals surface area contributed by atoms with Crippen molar-refractivity contribution in [1.29, 1.82) is 0 Å². The largest absolute Gasteiger partial charge is 0.403 e. The van der Waals surface area contributed by atoms with E-state index in [-0.39, 0.29) is 24.2 Å². The Bertz CT molecular complexity index is 693. The summed E-state index contributed by atoms with van der Waals surface area (Å²) in [6.45, 7) is 9.25. The molecule has 0 aliphatic carbocycles. The molecule has 2 unspecified atom stereocenters. The molecule has 1 rings (SSSR count). The zero-order valence-corrected chi connectivity index (χ0v) is 18.4. The van der Waals surface area contributed by atoms with Crippen molar-refractivity contribution >= 4 is 23.6 Å². The van der Waals surface area contributed by atoms with Crippen LogP contribution in [0, 0.1) is 0 Å². The number of amides is 4. The summed E-state index contributed by atoms with van der Waals surface area (Å²) in [5.74, 6) is -1.33. The van der Waals surface area contributed by atoms with Crippen molar-refractivity contribution in [2.24, 2.45) is 11.5 Å². The Kier molecular flexibility index (Phi) is 11.2. The molecule has 1 fully saturated rings. The minimum absolute atomic E-state index is 0.140. The minimum atomic E-state index is -0.745. The molecule has 1 aliphatic heterocycles. The fourth-order valence-electron chi connectivity index (χ4n) is 3.29. The lowest BCUT2D eigenvalue weighted by molar-refractivity contribution is -0.137. The van der Waals surface area contributed by atoms with Crippen LogP contribution in [0.5, 0.6) is 0 Å². The Hall–Kier alpha value is -3.04. The van der Waals surface area contributed by atoms with E-state index in [2.05, 4.69) is 29.1 Å². The van der Waals surface area contributed by atoms with Gasteiger partial charge in [-0.05, 0) is 38.5 Å². The molecule has 0 radical (unpaired) electrons. The zero-order chi connectivity index (χ0) is 23.4. The topological polar surface area (TPSA) is 160 Å². The number of nitrogens with two attached hydrogens (primary N) is 2. The van der Waals surface area contributed by atoms with E-state index in [9.17, 15) is 19.2 Å². The highest BCUT2D eigenvalue weighted by molar-refractivity contribution is 5.93. The van der Waals surface area contributed by atoms with E-state index in [1.54, 1.807) is 0 Å². The van der Waals surface area contributed by atoms with Crippen LogP contribution in [0.1, 0.15) is 58.3 Å². The molecule has 1 heterocycles. The molecule has 0 bridgehead atoms. The quantitative estimate of drug-likeness (QED) is 0.255. The molecular weight excluding hydrogens is 400 g/mol. The first-order valence-electron chi connectivity index (χ1n) is 10.7. The number of hydrogen-bond acceptors (Lipinski definition) is 6. The summed E-state index contributed by atoms with van der Waals surface area (Å²) in [7, 11) is 0. The van der Waals surface area contributed by atoms with Crippen molar-refractivity contribution in [3.05, 3.63) is 24.7 Å². The van der Waals surface area contributed by atoms with Crippen molar-refractivity contribution in [2.45, 2.75) is 70.4 Å². The molecule has 31 heavy (non-hydrogen) atoms. The van der Waals surface area contributed by atoms with Crippen molar-refractivity contribution in [3.63, 3.8) is 0 Å². The maximum absolute atomic E-state index is 12.6. The van der Waals surface area contributed by atoms with E-state index in [1.165, 1.54) is 4.90 Å². The zero-order valence-electron chi connectivity index (χ0n) is 18.4. The second-order valence-electron chi connectivity index (χ2n) is 7.74. The predicted octanol–water partition coefficient (Wildman–Crippen LogP) is -0.0426. The molecule has 4 amide bonds. The highest BCUT2D eigenvalue weighted by Crippen LogP contribution is 2.13. The number of unbranched alkanes of at least 4 members (excludes halogenated alkanes) is 1. The number of carbonyl (C=O) groups is 4. The van der Waals surface area contributed by atoms with Crippen LogP contribution < -0.4 is 27.4 Å². The SMILES string of the molecule is C=C(N)CCCCC(NC(=O)CCC)C(=O)NCC(=O)NC1CCCN(C(=C)N)C1=O. The van der Waals surface area contributed by atoms with Crippen LogP contribution in [0.2, 0.25) is 0 Å². The maximum Gasteiger partial charge on any atom is 0.250 e. The summed E-state index contributed by atoms with van der Waals surface area (Å²) in [6, 6.07) is -1.45. The van der Waals surface area contributed by atoms with Gasteiger partial charge in [-0.1, -0.05) is 26.5 Å². The van der Waals surface area contributed by atoms with Gasteiger partial charge >= 0.3 is 0 Å². The van der Waals surface area contributed by atoms with Gasteiger partial charge in [-0.3, -0.25) is 24.1 Å². The summed E-state index contributed by atoms with van der Waals surface area (Å²) in [6.07, 6.45) is 4.63. The predicted molar refractivity (Wildman–Crippen MR) is 118 cm³/mol. The number of likely N-dealkylation sites (tertiary alicyclic amines) is 1. The second-order valence-corrected chi connectivity index (χ2v) is 7.74. The van der Waals surface area contributed by atoms with Gasteiger partial charge in [0, 0.05) is 18.7 Å². The number of nitrogens with one attached hydrogen (secondary N) is 3. The fourth-order valence-corrected chi connectivity index (χ4v) is 3.29. The molecule has 0 spiro atoms. The van der Waals surface area contributed by atoms with Crippen LogP contribution in [0.4, 0.5) is 0 Å². The normalized spacial score (nSPS) is 16.9. The van der Waals surface area contributed by atoms with Crippen LogP contribution >= 0.6 is 0 Å². The Balaban J connectivity index is 2.56. The number of piperidine rings is 1. The smallest absolute Gasteiger partial charge is 0.250 e. The number of carbonyl (C=O) groups excluding carboxylic acids is 4. The molecule has 1 saturated heterocycles. The van der Waals surface area contributed by atoms with E-state index < -0.39 is 23.9 Å².